The molecule has 0 radical (unpaired) electrons. The van der Waals surface area contributed by atoms with Crippen molar-refractivity contribution in [2.24, 2.45) is 0 Å². The Morgan fingerprint density at radius 1 is 0.667 bits per heavy atom. The molecule has 1 aromatic heterocycles. The monoisotopic (exact) mass is 315 g/mol. The van der Waals surface area contributed by atoms with E-state index in [1.807, 2.05) is 36.4 Å². The second-order valence-electron chi connectivity index (χ2n) is 6.05. The molecule has 0 amide bonds. The summed E-state index contributed by atoms with van der Waals surface area (Å²) < 4.78 is 6.13. The standard InChI is InChI=1S/C20H17N3O/c1-2-7-13(8-3-1)19-21-20(23-22-19)16-11-6-10-15-14-9-4-5-12-17(14)24-18(15)16/h1-12,19-23H. The lowest BCUT2D eigenvalue weighted by Gasteiger charge is -2.13. The normalized spacial score (nSPS) is 20.8. The number of furan rings is 1. The van der Waals surface area contributed by atoms with Gasteiger partial charge in [0.1, 0.15) is 17.3 Å². The minimum atomic E-state index is -0.0144. The van der Waals surface area contributed by atoms with Crippen LogP contribution in [-0.2, 0) is 0 Å². The fourth-order valence-electron chi connectivity index (χ4n) is 3.41. The quantitative estimate of drug-likeness (QED) is 0.524. The highest BCUT2D eigenvalue weighted by Gasteiger charge is 2.27. The van der Waals surface area contributed by atoms with Crippen LogP contribution in [0.5, 0.6) is 0 Å². The average Bonchev–Trinajstić information content (AvgIpc) is 3.27. The molecule has 24 heavy (non-hydrogen) atoms. The maximum Gasteiger partial charge on any atom is 0.141 e. The van der Waals surface area contributed by atoms with Crippen LogP contribution in [0.2, 0.25) is 0 Å². The molecule has 2 atom stereocenters. The summed E-state index contributed by atoms with van der Waals surface area (Å²) >= 11 is 0. The molecule has 1 fully saturated rings. The van der Waals surface area contributed by atoms with E-state index in [-0.39, 0.29) is 12.3 Å². The molecule has 4 aromatic rings. The summed E-state index contributed by atoms with van der Waals surface area (Å²) in [6, 6.07) is 24.8. The van der Waals surface area contributed by atoms with Gasteiger partial charge in [-0.15, -0.1) is 0 Å². The van der Waals surface area contributed by atoms with E-state index in [4.69, 9.17) is 4.42 Å². The second-order valence-corrected chi connectivity index (χ2v) is 6.05. The number of nitrogens with one attached hydrogen (secondary N) is 3. The van der Waals surface area contributed by atoms with Crippen LogP contribution < -0.4 is 16.2 Å². The summed E-state index contributed by atoms with van der Waals surface area (Å²) in [4.78, 5) is 0. The molecular weight excluding hydrogens is 298 g/mol. The Labute approximate surface area is 139 Å². The minimum absolute atomic E-state index is 0.0144. The number of rotatable bonds is 2. The van der Waals surface area contributed by atoms with E-state index < -0.39 is 0 Å². The van der Waals surface area contributed by atoms with E-state index in [1.165, 1.54) is 5.56 Å². The first-order valence-corrected chi connectivity index (χ1v) is 8.12. The zero-order valence-electron chi connectivity index (χ0n) is 13.0. The third kappa shape index (κ3) is 2.12. The molecule has 1 saturated heterocycles. The van der Waals surface area contributed by atoms with Gasteiger partial charge in [-0.05, 0) is 11.6 Å². The number of para-hydroxylation sites is 2. The molecule has 2 unspecified atom stereocenters. The molecule has 0 saturated carbocycles. The Morgan fingerprint density at radius 3 is 2.33 bits per heavy atom. The van der Waals surface area contributed by atoms with E-state index in [9.17, 15) is 0 Å². The molecule has 1 aliphatic heterocycles. The fourth-order valence-corrected chi connectivity index (χ4v) is 3.41. The summed E-state index contributed by atoms with van der Waals surface area (Å²) in [5, 5.41) is 5.88. The van der Waals surface area contributed by atoms with Gasteiger partial charge >= 0.3 is 0 Å². The summed E-state index contributed by atoms with van der Waals surface area (Å²) in [5.41, 5.74) is 10.8. The Kier molecular flexibility index (Phi) is 3.13. The fraction of sp³-hybridized carbons (Fsp3) is 0.100. The van der Waals surface area contributed by atoms with Gasteiger partial charge in [-0.2, -0.15) is 0 Å². The predicted molar refractivity (Wildman–Crippen MR) is 95.1 cm³/mol. The van der Waals surface area contributed by atoms with Crippen LogP contribution in [0.1, 0.15) is 23.5 Å². The Morgan fingerprint density at radius 2 is 1.42 bits per heavy atom. The summed E-state index contributed by atoms with van der Waals surface area (Å²) in [6.45, 7) is 0. The lowest BCUT2D eigenvalue weighted by Crippen LogP contribution is -2.26. The third-order valence-electron chi connectivity index (χ3n) is 4.58. The van der Waals surface area contributed by atoms with Crippen LogP contribution >= 0.6 is 0 Å². The molecule has 5 rings (SSSR count). The van der Waals surface area contributed by atoms with Crippen LogP contribution in [0.25, 0.3) is 21.9 Å². The molecule has 0 aliphatic carbocycles. The van der Waals surface area contributed by atoms with Gasteiger partial charge in [0.25, 0.3) is 0 Å². The Balaban J connectivity index is 1.55. The lowest BCUT2D eigenvalue weighted by molar-refractivity contribution is 0.545. The van der Waals surface area contributed by atoms with Crippen LogP contribution in [-0.4, -0.2) is 0 Å². The SMILES string of the molecule is c1ccc(C2NNC(c3cccc4c3oc3ccccc34)N2)cc1. The number of hydrazine groups is 1. The van der Waals surface area contributed by atoms with Gasteiger partial charge in [0.15, 0.2) is 0 Å². The highest BCUT2D eigenvalue weighted by molar-refractivity contribution is 6.05. The first-order chi connectivity index (χ1) is 11.9. The molecule has 0 bridgehead atoms. The van der Waals surface area contributed by atoms with Crippen molar-refractivity contribution in [1.29, 1.82) is 0 Å². The van der Waals surface area contributed by atoms with E-state index in [0.717, 1.165) is 27.5 Å². The zero-order valence-corrected chi connectivity index (χ0v) is 13.0. The van der Waals surface area contributed by atoms with E-state index in [2.05, 4.69) is 52.6 Å². The second kappa shape index (κ2) is 5.46. The van der Waals surface area contributed by atoms with E-state index in [0.29, 0.717) is 0 Å². The van der Waals surface area contributed by atoms with Crippen molar-refractivity contribution in [1.82, 2.24) is 16.2 Å². The van der Waals surface area contributed by atoms with Gasteiger partial charge in [0.2, 0.25) is 0 Å². The highest BCUT2D eigenvalue weighted by atomic mass is 16.3. The summed E-state index contributed by atoms with van der Waals surface area (Å²) in [7, 11) is 0. The van der Waals surface area contributed by atoms with Crippen molar-refractivity contribution < 1.29 is 4.42 Å². The Hall–Kier alpha value is -2.66. The lowest BCUT2D eigenvalue weighted by atomic mass is 10.1. The number of hydrogen-bond acceptors (Lipinski definition) is 4. The van der Waals surface area contributed by atoms with Gasteiger partial charge in [0, 0.05) is 16.3 Å². The minimum Gasteiger partial charge on any atom is -0.456 e. The topological polar surface area (TPSA) is 49.2 Å². The molecule has 3 N–H and O–H groups in total. The van der Waals surface area contributed by atoms with Crippen LogP contribution in [0.15, 0.2) is 77.2 Å². The molecule has 4 nitrogen and oxygen atoms in total. The van der Waals surface area contributed by atoms with Crippen molar-refractivity contribution in [2.75, 3.05) is 0 Å². The van der Waals surface area contributed by atoms with Crippen LogP contribution in [0, 0.1) is 0 Å². The molecule has 4 heteroatoms. The molecule has 2 heterocycles. The maximum absolute atomic E-state index is 6.13. The molecule has 3 aromatic carbocycles. The van der Waals surface area contributed by atoms with E-state index >= 15 is 0 Å². The largest absolute Gasteiger partial charge is 0.456 e. The zero-order chi connectivity index (χ0) is 15.9. The predicted octanol–water partition coefficient (Wildman–Crippen LogP) is 3.98. The number of hydrogen-bond donors (Lipinski definition) is 3. The van der Waals surface area contributed by atoms with Crippen molar-refractivity contribution >= 4 is 21.9 Å². The third-order valence-corrected chi connectivity index (χ3v) is 4.58. The van der Waals surface area contributed by atoms with Crippen molar-refractivity contribution in [3.8, 4) is 0 Å². The van der Waals surface area contributed by atoms with Gasteiger partial charge in [0.05, 0.1) is 6.17 Å². The number of benzene rings is 3. The van der Waals surface area contributed by atoms with Crippen LogP contribution in [0.4, 0.5) is 0 Å². The van der Waals surface area contributed by atoms with Gasteiger partial charge in [-0.3, -0.25) is 5.32 Å². The van der Waals surface area contributed by atoms with Crippen molar-refractivity contribution in [2.45, 2.75) is 12.3 Å². The first-order valence-electron chi connectivity index (χ1n) is 8.12. The smallest absolute Gasteiger partial charge is 0.141 e. The Bertz CT molecular complexity index is 1010. The molecule has 0 spiro atoms. The first kappa shape index (κ1) is 13.7. The average molecular weight is 315 g/mol. The van der Waals surface area contributed by atoms with Crippen molar-refractivity contribution in [3.63, 3.8) is 0 Å². The molecule has 118 valence electrons. The number of fused-ring (bicyclic) bond motifs is 3. The van der Waals surface area contributed by atoms with Gasteiger partial charge in [-0.1, -0.05) is 66.7 Å². The summed E-state index contributed by atoms with van der Waals surface area (Å²) in [6.07, 6.45) is 0.0512. The molecule has 1 aliphatic rings. The maximum atomic E-state index is 6.13. The van der Waals surface area contributed by atoms with Crippen LogP contribution in [0.3, 0.4) is 0 Å². The van der Waals surface area contributed by atoms with E-state index in [1.54, 1.807) is 0 Å². The highest BCUT2D eigenvalue weighted by Crippen LogP contribution is 2.33. The molecular formula is C20H17N3O. The van der Waals surface area contributed by atoms with Gasteiger partial charge in [-0.25, -0.2) is 10.9 Å². The summed E-state index contributed by atoms with van der Waals surface area (Å²) in [5.74, 6) is 0. The van der Waals surface area contributed by atoms with Gasteiger partial charge < -0.3 is 4.42 Å². The van der Waals surface area contributed by atoms with Crippen molar-refractivity contribution in [3.05, 3.63) is 83.9 Å².